The summed E-state index contributed by atoms with van der Waals surface area (Å²) in [6, 6.07) is 15.5. The molecule has 0 N–H and O–H groups in total. The van der Waals surface area contributed by atoms with E-state index in [-0.39, 0.29) is 5.41 Å². The quantitative estimate of drug-likeness (QED) is 0.522. The first-order valence-electron chi connectivity index (χ1n) is 6.13. The maximum absolute atomic E-state index is 2.35. The van der Waals surface area contributed by atoms with Crippen LogP contribution in [0, 0.1) is 0 Å². The molecule has 3 rings (SSSR count). The van der Waals surface area contributed by atoms with Crippen LogP contribution in [0.3, 0.4) is 0 Å². The van der Waals surface area contributed by atoms with Gasteiger partial charge in [0.15, 0.2) is 0 Å². The fourth-order valence-electron chi connectivity index (χ4n) is 1.99. The third kappa shape index (κ3) is 2.19. The van der Waals surface area contributed by atoms with E-state index >= 15 is 0 Å². The van der Waals surface area contributed by atoms with Crippen LogP contribution in [-0.4, -0.2) is 0 Å². The molecule has 0 aliphatic carbocycles. The van der Waals surface area contributed by atoms with Crippen LogP contribution in [0.2, 0.25) is 0 Å². The minimum absolute atomic E-state index is 0.219. The van der Waals surface area contributed by atoms with Crippen molar-refractivity contribution < 1.29 is 0 Å². The molecule has 2 heteroatoms. The van der Waals surface area contributed by atoms with Crippen LogP contribution in [0.15, 0.2) is 62.0 Å². The molecule has 0 amide bonds. The standard InChI is InChI=1S/C16H16S2/c1-16(2,3)11-8-9-14-15(10-11)18-13-7-5-4-6-12(13)17-14/h4-10H,1-3H3. The third-order valence-electron chi connectivity index (χ3n) is 3.10. The first kappa shape index (κ1) is 12.2. The molecule has 1 heterocycles. The van der Waals surface area contributed by atoms with Crippen molar-refractivity contribution in [1.29, 1.82) is 0 Å². The molecule has 2 aromatic carbocycles. The first-order chi connectivity index (χ1) is 8.54. The van der Waals surface area contributed by atoms with E-state index in [1.54, 1.807) is 0 Å². The lowest BCUT2D eigenvalue weighted by Crippen LogP contribution is -2.11. The van der Waals surface area contributed by atoms with Crippen LogP contribution < -0.4 is 0 Å². The predicted octanol–water partition coefficient (Wildman–Crippen LogP) is 5.60. The van der Waals surface area contributed by atoms with Gasteiger partial charge in [-0.3, -0.25) is 0 Å². The van der Waals surface area contributed by atoms with Crippen molar-refractivity contribution in [2.45, 2.75) is 45.8 Å². The lowest BCUT2D eigenvalue weighted by atomic mass is 9.87. The Balaban J connectivity index is 2.04. The summed E-state index contributed by atoms with van der Waals surface area (Å²) >= 11 is 3.77. The van der Waals surface area contributed by atoms with E-state index in [0.29, 0.717) is 0 Å². The molecule has 92 valence electrons. The van der Waals surface area contributed by atoms with Gasteiger partial charge in [-0.1, -0.05) is 62.5 Å². The van der Waals surface area contributed by atoms with Crippen molar-refractivity contribution >= 4 is 23.5 Å². The number of benzene rings is 2. The zero-order valence-corrected chi connectivity index (χ0v) is 12.5. The van der Waals surface area contributed by atoms with Crippen molar-refractivity contribution in [3.05, 3.63) is 48.0 Å². The van der Waals surface area contributed by atoms with Gasteiger partial charge in [0.05, 0.1) is 0 Å². The van der Waals surface area contributed by atoms with Crippen LogP contribution in [0.25, 0.3) is 0 Å². The molecule has 0 unspecified atom stereocenters. The molecular formula is C16H16S2. The summed E-state index contributed by atoms with van der Waals surface area (Å²) in [5.74, 6) is 0. The second-order valence-corrected chi connectivity index (χ2v) is 7.73. The first-order valence-corrected chi connectivity index (χ1v) is 7.76. The molecule has 1 aliphatic rings. The lowest BCUT2D eigenvalue weighted by Gasteiger charge is -2.23. The van der Waals surface area contributed by atoms with Gasteiger partial charge in [-0.2, -0.15) is 0 Å². The number of rotatable bonds is 0. The molecule has 0 bridgehead atoms. The largest absolute Gasteiger partial charge is 0.0877 e. The molecule has 1 aliphatic heterocycles. The summed E-state index contributed by atoms with van der Waals surface area (Å²) in [4.78, 5) is 5.53. The zero-order valence-electron chi connectivity index (χ0n) is 10.9. The highest BCUT2D eigenvalue weighted by Gasteiger charge is 2.20. The zero-order chi connectivity index (χ0) is 12.8. The summed E-state index contributed by atoms with van der Waals surface area (Å²) in [7, 11) is 0. The Labute approximate surface area is 117 Å². The number of hydrogen-bond donors (Lipinski definition) is 0. The van der Waals surface area contributed by atoms with E-state index in [4.69, 9.17) is 0 Å². The van der Waals surface area contributed by atoms with Crippen LogP contribution in [0.5, 0.6) is 0 Å². The Morgan fingerprint density at radius 2 is 1.28 bits per heavy atom. The van der Waals surface area contributed by atoms with Crippen LogP contribution in [-0.2, 0) is 5.41 Å². The maximum atomic E-state index is 2.35. The molecule has 0 aromatic heterocycles. The highest BCUT2D eigenvalue weighted by atomic mass is 32.2. The molecule has 0 radical (unpaired) electrons. The highest BCUT2D eigenvalue weighted by molar-refractivity contribution is 8.05. The van der Waals surface area contributed by atoms with Crippen molar-refractivity contribution in [1.82, 2.24) is 0 Å². The van der Waals surface area contributed by atoms with Gasteiger partial charge in [-0.05, 0) is 35.2 Å². The van der Waals surface area contributed by atoms with E-state index < -0.39 is 0 Å². The molecular weight excluding hydrogens is 256 g/mol. The van der Waals surface area contributed by atoms with Gasteiger partial charge in [0.1, 0.15) is 0 Å². The lowest BCUT2D eigenvalue weighted by molar-refractivity contribution is 0.587. The van der Waals surface area contributed by atoms with E-state index in [2.05, 4.69) is 63.2 Å². The van der Waals surface area contributed by atoms with E-state index in [0.717, 1.165) is 0 Å². The second kappa shape index (κ2) is 4.36. The van der Waals surface area contributed by atoms with Crippen LogP contribution in [0.4, 0.5) is 0 Å². The molecule has 0 saturated carbocycles. The fraction of sp³-hybridized carbons (Fsp3) is 0.250. The average molecular weight is 272 g/mol. The summed E-state index contributed by atoms with van der Waals surface area (Å²) < 4.78 is 0. The fourth-order valence-corrected chi connectivity index (χ4v) is 4.25. The third-order valence-corrected chi connectivity index (χ3v) is 5.64. The average Bonchev–Trinajstić information content (AvgIpc) is 2.34. The molecule has 0 spiro atoms. The Hall–Kier alpha value is -0.860. The predicted molar refractivity (Wildman–Crippen MR) is 79.8 cm³/mol. The molecule has 18 heavy (non-hydrogen) atoms. The highest BCUT2D eigenvalue weighted by Crippen LogP contribution is 2.49. The number of fused-ring (bicyclic) bond motifs is 2. The Bertz CT molecular complexity index is 594. The minimum atomic E-state index is 0.219. The molecule has 0 atom stereocenters. The van der Waals surface area contributed by atoms with Gasteiger partial charge in [0, 0.05) is 19.6 Å². The second-order valence-electron chi connectivity index (χ2n) is 5.56. The topological polar surface area (TPSA) is 0 Å². The molecule has 0 nitrogen and oxygen atoms in total. The maximum Gasteiger partial charge on any atom is 0.0265 e. The van der Waals surface area contributed by atoms with Crippen molar-refractivity contribution in [3.8, 4) is 0 Å². The summed E-state index contributed by atoms with van der Waals surface area (Å²) in [6.45, 7) is 6.80. The minimum Gasteiger partial charge on any atom is -0.0877 e. The van der Waals surface area contributed by atoms with E-state index in [1.807, 2.05) is 23.5 Å². The summed E-state index contributed by atoms with van der Waals surface area (Å²) in [6.07, 6.45) is 0. The smallest absolute Gasteiger partial charge is 0.0265 e. The Morgan fingerprint density at radius 3 is 1.89 bits per heavy atom. The molecule has 2 aromatic rings. The van der Waals surface area contributed by atoms with Crippen LogP contribution in [0.1, 0.15) is 26.3 Å². The van der Waals surface area contributed by atoms with Crippen molar-refractivity contribution in [2.24, 2.45) is 0 Å². The van der Waals surface area contributed by atoms with Gasteiger partial charge in [-0.25, -0.2) is 0 Å². The van der Waals surface area contributed by atoms with E-state index in [1.165, 1.54) is 25.1 Å². The SMILES string of the molecule is CC(C)(C)c1ccc2c(c1)Sc1ccccc1S2. The van der Waals surface area contributed by atoms with Gasteiger partial charge < -0.3 is 0 Å². The molecule has 0 fully saturated rings. The van der Waals surface area contributed by atoms with Gasteiger partial charge in [-0.15, -0.1) is 0 Å². The van der Waals surface area contributed by atoms with Crippen molar-refractivity contribution in [3.63, 3.8) is 0 Å². The van der Waals surface area contributed by atoms with Gasteiger partial charge >= 0.3 is 0 Å². The normalized spacial score (nSPS) is 13.9. The van der Waals surface area contributed by atoms with Crippen molar-refractivity contribution in [2.75, 3.05) is 0 Å². The summed E-state index contributed by atoms with van der Waals surface area (Å²) in [5.41, 5.74) is 1.63. The molecule has 0 saturated heterocycles. The van der Waals surface area contributed by atoms with Gasteiger partial charge in [0.2, 0.25) is 0 Å². The Kier molecular flexibility index (Phi) is 2.95. The van der Waals surface area contributed by atoms with Gasteiger partial charge in [0.25, 0.3) is 0 Å². The summed E-state index contributed by atoms with van der Waals surface area (Å²) in [5, 5.41) is 0. The van der Waals surface area contributed by atoms with E-state index in [9.17, 15) is 0 Å². The Morgan fingerprint density at radius 1 is 0.722 bits per heavy atom. The monoisotopic (exact) mass is 272 g/mol. The van der Waals surface area contributed by atoms with Crippen LogP contribution >= 0.6 is 23.5 Å². The number of hydrogen-bond acceptors (Lipinski definition) is 2.